The van der Waals surface area contributed by atoms with Crippen molar-refractivity contribution < 1.29 is 4.79 Å². The number of primary amides is 1. The number of nitrogens with one attached hydrogen (secondary N) is 1. The van der Waals surface area contributed by atoms with Crippen LogP contribution >= 0.6 is 11.9 Å². The first kappa shape index (κ1) is 9.82. The van der Waals surface area contributed by atoms with Crippen molar-refractivity contribution in [2.45, 2.75) is 37.4 Å². The van der Waals surface area contributed by atoms with Crippen LogP contribution in [0.3, 0.4) is 0 Å². The summed E-state index contributed by atoms with van der Waals surface area (Å²) in [6, 6.07) is -0.395. The molecule has 0 saturated heterocycles. The van der Waals surface area contributed by atoms with Gasteiger partial charge in [-0.1, -0.05) is 0 Å². The highest BCUT2D eigenvalue weighted by Gasteiger charge is 2.48. The lowest BCUT2D eigenvalue weighted by atomic mass is 9.56. The molecule has 3 N–H and O–H groups in total. The summed E-state index contributed by atoms with van der Waals surface area (Å²) >= 11 is 1.60. The molecule has 0 aliphatic heterocycles. The van der Waals surface area contributed by atoms with E-state index in [0.29, 0.717) is 5.25 Å². The molecule has 4 aliphatic rings. The fourth-order valence-corrected chi connectivity index (χ4v) is 5.28. The van der Waals surface area contributed by atoms with Gasteiger partial charge < -0.3 is 5.73 Å². The van der Waals surface area contributed by atoms with Crippen LogP contribution in [-0.2, 0) is 0 Å². The molecule has 4 fully saturated rings. The molecule has 15 heavy (non-hydrogen) atoms. The van der Waals surface area contributed by atoms with E-state index in [-0.39, 0.29) is 0 Å². The smallest absolute Gasteiger partial charge is 0.322 e. The van der Waals surface area contributed by atoms with Crippen LogP contribution in [0.25, 0.3) is 0 Å². The fraction of sp³-hybridized carbons (Fsp3) is 0.909. The number of hydrogen-bond acceptors (Lipinski definition) is 2. The van der Waals surface area contributed by atoms with Gasteiger partial charge in [0, 0.05) is 5.25 Å². The SMILES string of the molecule is NC(=O)NSC1C2CC3CC(C2)CC1C3. The Labute approximate surface area is 94.7 Å². The van der Waals surface area contributed by atoms with E-state index in [1.807, 2.05) is 0 Å². The topological polar surface area (TPSA) is 55.1 Å². The number of nitrogens with two attached hydrogens (primary N) is 1. The van der Waals surface area contributed by atoms with Crippen molar-refractivity contribution in [3.8, 4) is 0 Å². The molecule has 4 bridgehead atoms. The molecular formula is C11H18N2OS. The second-order valence-corrected chi connectivity index (χ2v) is 6.46. The van der Waals surface area contributed by atoms with Crippen molar-refractivity contribution in [2.75, 3.05) is 0 Å². The van der Waals surface area contributed by atoms with Gasteiger partial charge in [-0.15, -0.1) is 0 Å². The van der Waals surface area contributed by atoms with E-state index in [0.717, 1.165) is 23.7 Å². The molecular weight excluding hydrogens is 208 g/mol. The summed E-state index contributed by atoms with van der Waals surface area (Å²) in [5, 5.41) is 0.644. The maximum Gasteiger partial charge on any atom is 0.322 e. The molecule has 0 atom stereocenters. The van der Waals surface area contributed by atoms with Gasteiger partial charge in [0.15, 0.2) is 0 Å². The zero-order chi connectivity index (χ0) is 10.4. The summed E-state index contributed by atoms with van der Waals surface area (Å²) < 4.78 is 2.73. The number of rotatable bonds is 2. The van der Waals surface area contributed by atoms with Crippen molar-refractivity contribution in [3.63, 3.8) is 0 Å². The maximum atomic E-state index is 10.7. The van der Waals surface area contributed by atoms with Crippen molar-refractivity contribution in [2.24, 2.45) is 29.4 Å². The van der Waals surface area contributed by atoms with Crippen molar-refractivity contribution in [1.82, 2.24) is 4.72 Å². The second-order valence-electron chi connectivity index (χ2n) is 5.48. The van der Waals surface area contributed by atoms with E-state index in [1.54, 1.807) is 11.9 Å². The van der Waals surface area contributed by atoms with Gasteiger partial charge >= 0.3 is 6.03 Å². The summed E-state index contributed by atoms with van der Waals surface area (Å²) in [6.07, 6.45) is 7.06. The maximum absolute atomic E-state index is 10.7. The molecule has 0 unspecified atom stereocenters. The largest absolute Gasteiger partial charge is 0.351 e. The Balaban J connectivity index is 1.67. The number of carbonyl (C=O) groups excluding carboxylic acids is 1. The van der Waals surface area contributed by atoms with Gasteiger partial charge in [0.2, 0.25) is 0 Å². The molecule has 0 heterocycles. The Bertz CT molecular complexity index is 254. The Morgan fingerprint density at radius 2 is 1.60 bits per heavy atom. The normalized spacial score (nSPS) is 46.8. The molecule has 0 spiro atoms. The number of hydrogen-bond donors (Lipinski definition) is 2. The summed E-state index contributed by atoms with van der Waals surface area (Å²) in [4.78, 5) is 10.7. The van der Waals surface area contributed by atoms with Gasteiger partial charge in [-0.05, 0) is 67.7 Å². The van der Waals surface area contributed by atoms with Gasteiger partial charge in [-0.2, -0.15) is 0 Å². The first-order chi connectivity index (χ1) is 7.22. The van der Waals surface area contributed by atoms with Gasteiger partial charge in [0.05, 0.1) is 0 Å². The third-order valence-electron chi connectivity index (χ3n) is 4.44. The Kier molecular flexibility index (Phi) is 2.34. The molecule has 4 saturated carbocycles. The third kappa shape index (κ3) is 1.73. The van der Waals surface area contributed by atoms with Gasteiger partial charge in [-0.25, -0.2) is 4.79 Å². The van der Waals surface area contributed by atoms with Gasteiger partial charge in [0.1, 0.15) is 0 Å². The number of amides is 2. The summed E-state index contributed by atoms with van der Waals surface area (Å²) in [5.41, 5.74) is 5.13. The second kappa shape index (κ2) is 3.58. The molecule has 3 nitrogen and oxygen atoms in total. The first-order valence-electron chi connectivity index (χ1n) is 5.93. The van der Waals surface area contributed by atoms with Crippen LogP contribution in [0.4, 0.5) is 4.79 Å². The van der Waals surface area contributed by atoms with Gasteiger partial charge in [0.25, 0.3) is 0 Å². The first-order valence-corrected chi connectivity index (χ1v) is 6.81. The highest BCUT2D eigenvalue weighted by atomic mass is 32.2. The third-order valence-corrected chi connectivity index (χ3v) is 5.80. The zero-order valence-electron chi connectivity index (χ0n) is 8.82. The van der Waals surface area contributed by atoms with Crippen LogP contribution in [0.1, 0.15) is 32.1 Å². The van der Waals surface area contributed by atoms with E-state index in [2.05, 4.69) is 4.72 Å². The lowest BCUT2D eigenvalue weighted by Gasteiger charge is -2.53. The zero-order valence-corrected chi connectivity index (χ0v) is 9.63. The van der Waals surface area contributed by atoms with Crippen molar-refractivity contribution in [1.29, 1.82) is 0 Å². The predicted octanol–water partition coefficient (Wildman–Crippen LogP) is 2.13. The monoisotopic (exact) mass is 226 g/mol. The summed E-state index contributed by atoms with van der Waals surface area (Å²) in [5.74, 6) is 3.69. The molecule has 4 rings (SSSR count). The van der Waals surface area contributed by atoms with Crippen LogP contribution < -0.4 is 10.5 Å². The van der Waals surface area contributed by atoms with Gasteiger partial charge in [-0.3, -0.25) is 4.72 Å². The number of urea groups is 1. The quantitative estimate of drug-likeness (QED) is 0.709. The highest BCUT2D eigenvalue weighted by molar-refractivity contribution is 7.98. The lowest BCUT2D eigenvalue weighted by molar-refractivity contribution is 0.0266. The van der Waals surface area contributed by atoms with E-state index in [9.17, 15) is 4.79 Å². The molecule has 0 radical (unpaired) electrons. The summed E-state index contributed by atoms with van der Waals surface area (Å²) in [7, 11) is 0. The average Bonchev–Trinajstić information content (AvgIpc) is 2.14. The summed E-state index contributed by atoms with van der Waals surface area (Å²) in [6.45, 7) is 0. The Hall–Kier alpha value is -0.380. The van der Waals surface area contributed by atoms with E-state index < -0.39 is 6.03 Å². The Morgan fingerprint density at radius 1 is 1.07 bits per heavy atom. The molecule has 0 aromatic carbocycles. The molecule has 4 aliphatic carbocycles. The highest BCUT2D eigenvalue weighted by Crippen LogP contribution is 2.56. The molecule has 2 amide bonds. The van der Waals surface area contributed by atoms with Crippen LogP contribution in [0.2, 0.25) is 0 Å². The van der Waals surface area contributed by atoms with Crippen molar-refractivity contribution in [3.05, 3.63) is 0 Å². The van der Waals surface area contributed by atoms with Crippen LogP contribution in [-0.4, -0.2) is 11.3 Å². The fourth-order valence-electron chi connectivity index (χ4n) is 4.19. The molecule has 0 aromatic heterocycles. The number of carbonyl (C=O) groups is 1. The minimum absolute atomic E-state index is 0.395. The van der Waals surface area contributed by atoms with Crippen LogP contribution in [0.5, 0.6) is 0 Å². The minimum Gasteiger partial charge on any atom is -0.351 e. The van der Waals surface area contributed by atoms with Crippen LogP contribution in [0.15, 0.2) is 0 Å². The molecule has 4 heteroatoms. The lowest BCUT2D eigenvalue weighted by Crippen LogP contribution is -2.48. The van der Waals surface area contributed by atoms with E-state index in [4.69, 9.17) is 5.73 Å². The predicted molar refractivity (Wildman–Crippen MR) is 61.1 cm³/mol. The standard InChI is InChI=1S/C11H18N2OS/c12-11(14)13-15-10-8-2-6-1-7(4-8)5-9(10)3-6/h6-10H,1-5H2,(H3,12,13,14). The van der Waals surface area contributed by atoms with Crippen molar-refractivity contribution >= 4 is 18.0 Å². The molecule has 84 valence electrons. The average molecular weight is 226 g/mol. The molecule has 0 aromatic rings. The van der Waals surface area contributed by atoms with E-state index in [1.165, 1.54) is 32.1 Å². The van der Waals surface area contributed by atoms with Crippen LogP contribution in [0, 0.1) is 23.7 Å². The van der Waals surface area contributed by atoms with E-state index >= 15 is 0 Å². The minimum atomic E-state index is -0.395. The Morgan fingerprint density at radius 3 is 2.07 bits per heavy atom.